The molecule has 0 atom stereocenters. The normalized spacial score (nSPS) is 13.0. The minimum atomic E-state index is -1.73. The molecule has 1 N–H and O–H groups in total. The zero-order valence-corrected chi connectivity index (χ0v) is 18.8. The first-order valence-corrected chi connectivity index (χ1v) is 12.4. The third kappa shape index (κ3) is 6.56. The van der Waals surface area contributed by atoms with Gasteiger partial charge in [0.2, 0.25) is 0 Å². The van der Waals surface area contributed by atoms with Crippen LogP contribution in [0.25, 0.3) is 0 Å². The van der Waals surface area contributed by atoms with Crippen molar-refractivity contribution in [1.82, 2.24) is 4.81 Å². The van der Waals surface area contributed by atoms with Crippen LogP contribution in [0.5, 0.6) is 0 Å². The van der Waals surface area contributed by atoms with Crippen molar-refractivity contribution in [3.8, 4) is 0 Å². The first-order chi connectivity index (χ1) is 11.3. The largest absolute Gasteiger partial charge is 0.437 e. The predicted molar refractivity (Wildman–Crippen MR) is 113 cm³/mol. The molecule has 5 heteroatoms. The number of hydrogen-bond acceptors (Lipinski definition) is 3. The van der Waals surface area contributed by atoms with Crippen LogP contribution in [0.15, 0.2) is 18.2 Å². The third-order valence-corrected chi connectivity index (χ3v) is 10.1. The lowest BCUT2D eigenvalue weighted by atomic mass is 9.85. The maximum atomic E-state index is 9.69. The van der Waals surface area contributed by atoms with E-state index in [0.29, 0.717) is 12.5 Å². The molecule has 1 aromatic rings. The highest BCUT2D eigenvalue weighted by molar-refractivity contribution is 6.74. The molecule has 1 aromatic carbocycles. The van der Waals surface area contributed by atoms with E-state index in [4.69, 9.17) is 4.43 Å². The average Bonchev–Trinajstić information content (AvgIpc) is 2.49. The number of rotatable bonds is 8. The molecular weight excluding hydrogens is 325 g/mol. The van der Waals surface area contributed by atoms with Gasteiger partial charge in [-0.2, -0.15) is 0 Å². The second kappa shape index (κ2) is 8.85. The molecule has 142 valence electrons. The van der Waals surface area contributed by atoms with Crippen LogP contribution in [0.3, 0.4) is 0 Å². The Morgan fingerprint density at radius 2 is 1.84 bits per heavy atom. The summed E-state index contributed by atoms with van der Waals surface area (Å²) in [6, 6.07) is 6.77. The Labute approximate surface area is 157 Å². The van der Waals surface area contributed by atoms with E-state index in [1.54, 1.807) is 0 Å². The molecule has 0 aliphatic rings. The molecule has 0 radical (unpaired) electrons. The van der Waals surface area contributed by atoms with E-state index in [2.05, 4.69) is 65.9 Å². The Morgan fingerprint density at radius 1 is 1.24 bits per heavy atom. The smallest absolute Gasteiger partial charge is 0.376 e. The monoisotopic (exact) mass is 363 g/mol. The van der Waals surface area contributed by atoms with Crippen molar-refractivity contribution >= 4 is 15.4 Å². The van der Waals surface area contributed by atoms with Crippen LogP contribution < -0.4 is 0 Å². The molecule has 0 spiro atoms. The first-order valence-electron chi connectivity index (χ1n) is 9.49. The van der Waals surface area contributed by atoms with Gasteiger partial charge in [0.1, 0.15) is 0 Å². The van der Waals surface area contributed by atoms with Crippen LogP contribution in [-0.2, 0) is 17.5 Å². The second-order valence-electron chi connectivity index (χ2n) is 9.10. The van der Waals surface area contributed by atoms with Crippen LogP contribution in [0.4, 0.5) is 0 Å². The molecule has 0 bridgehead atoms. The molecule has 0 aromatic heterocycles. The van der Waals surface area contributed by atoms with Crippen molar-refractivity contribution in [3.05, 3.63) is 34.9 Å². The van der Waals surface area contributed by atoms with Crippen molar-refractivity contribution in [2.45, 2.75) is 78.5 Å². The summed E-state index contributed by atoms with van der Waals surface area (Å²) in [5, 5.41) is 9.92. The van der Waals surface area contributed by atoms with E-state index in [1.165, 1.54) is 16.7 Å². The molecule has 3 nitrogen and oxygen atoms in total. The zero-order valence-electron chi connectivity index (χ0n) is 17.8. The van der Waals surface area contributed by atoms with Gasteiger partial charge >= 0.3 is 7.05 Å². The van der Waals surface area contributed by atoms with E-state index in [9.17, 15) is 5.02 Å². The van der Waals surface area contributed by atoms with E-state index < -0.39 is 15.4 Å². The molecule has 0 saturated heterocycles. The highest BCUT2D eigenvalue weighted by atomic mass is 28.4. The molecular formula is C20H38BNO2Si. The van der Waals surface area contributed by atoms with Crippen LogP contribution in [0.2, 0.25) is 25.0 Å². The molecule has 1 rings (SSSR count). The van der Waals surface area contributed by atoms with Crippen LogP contribution in [0, 0.1) is 0 Å². The lowest BCUT2D eigenvalue weighted by Gasteiger charge is -2.36. The van der Waals surface area contributed by atoms with Gasteiger partial charge in [0.05, 0.1) is 6.61 Å². The van der Waals surface area contributed by atoms with Gasteiger partial charge < -0.3 is 14.3 Å². The van der Waals surface area contributed by atoms with E-state index in [-0.39, 0.29) is 5.04 Å². The van der Waals surface area contributed by atoms with E-state index >= 15 is 0 Å². The molecule has 0 aliphatic carbocycles. The van der Waals surface area contributed by atoms with Crippen molar-refractivity contribution in [2.24, 2.45) is 0 Å². The fourth-order valence-electron chi connectivity index (χ4n) is 2.49. The molecule has 0 aliphatic heterocycles. The fraction of sp³-hybridized carbons (Fsp3) is 0.700. The second-order valence-corrected chi connectivity index (χ2v) is 13.9. The molecule has 0 saturated carbocycles. The van der Waals surface area contributed by atoms with Gasteiger partial charge in [0.15, 0.2) is 8.32 Å². The highest BCUT2D eigenvalue weighted by Gasteiger charge is 2.37. The summed E-state index contributed by atoms with van der Waals surface area (Å²) in [6.45, 7) is 19.3. The van der Waals surface area contributed by atoms with Gasteiger partial charge in [0.25, 0.3) is 0 Å². The number of likely N-dealkylation sites (N-methyl/N-ethyl adjacent to an activating group) is 1. The number of nitrogens with zero attached hydrogens (tertiary/aromatic N) is 1. The van der Waals surface area contributed by atoms with E-state index in [1.807, 2.05) is 18.7 Å². The van der Waals surface area contributed by atoms with E-state index in [0.717, 1.165) is 13.0 Å². The van der Waals surface area contributed by atoms with Gasteiger partial charge in [-0.15, -0.1) is 0 Å². The topological polar surface area (TPSA) is 32.7 Å². The van der Waals surface area contributed by atoms with Crippen molar-refractivity contribution < 1.29 is 9.45 Å². The van der Waals surface area contributed by atoms with Gasteiger partial charge in [-0.05, 0) is 67.6 Å². The maximum absolute atomic E-state index is 9.69. The van der Waals surface area contributed by atoms with Crippen molar-refractivity contribution in [3.63, 3.8) is 0 Å². The summed E-state index contributed by atoms with van der Waals surface area (Å²) in [5.74, 6) is 0.502. The molecule has 0 amide bonds. The van der Waals surface area contributed by atoms with Gasteiger partial charge in [-0.1, -0.05) is 52.8 Å². The van der Waals surface area contributed by atoms with Gasteiger partial charge in [-0.25, -0.2) is 0 Å². The van der Waals surface area contributed by atoms with Crippen LogP contribution in [-0.4, -0.2) is 38.8 Å². The minimum Gasteiger partial charge on any atom is -0.437 e. The summed E-state index contributed by atoms with van der Waals surface area (Å²) in [5.41, 5.74) is 4.03. The lowest BCUT2D eigenvalue weighted by Crippen LogP contribution is -2.40. The summed E-state index contributed by atoms with van der Waals surface area (Å²) in [4.78, 5) is 1.98. The van der Waals surface area contributed by atoms with Crippen LogP contribution >= 0.6 is 0 Å². The molecule has 0 heterocycles. The Bertz CT molecular complexity index is 553. The quantitative estimate of drug-likeness (QED) is 0.666. The highest BCUT2D eigenvalue weighted by Crippen LogP contribution is 2.37. The fourth-order valence-corrected chi connectivity index (χ4v) is 3.45. The lowest BCUT2D eigenvalue weighted by molar-refractivity contribution is 0.276. The number of benzene rings is 1. The standard InChI is InChI=1S/C20H38BNO2Si/c1-16(2)19-11-10-17(15-24-25(8,9)20(3,4)5)14-18(19)12-13-22(7)21(6)23/h10-11,14,16,23H,12-13,15H2,1-9H3. The Kier molecular flexibility index (Phi) is 7.94. The maximum Gasteiger partial charge on any atom is 0.376 e. The Hall–Kier alpha value is -0.618. The molecule has 0 fully saturated rings. The Morgan fingerprint density at radius 3 is 2.32 bits per heavy atom. The molecule has 0 unspecified atom stereocenters. The molecule has 25 heavy (non-hydrogen) atoms. The summed E-state index contributed by atoms with van der Waals surface area (Å²) < 4.78 is 6.39. The Balaban J connectivity index is 2.91. The van der Waals surface area contributed by atoms with Crippen LogP contribution in [0.1, 0.15) is 57.2 Å². The predicted octanol–water partition coefficient (Wildman–Crippen LogP) is 4.92. The average molecular weight is 363 g/mol. The number of hydrogen-bond donors (Lipinski definition) is 1. The SMILES string of the molecule is CB(O)N(C)CCc1cc(CO[Si](C)(C)C(C)(C)C)ccc1C(C)C. The summed E-state index contributed by atoms with van der Waals surface area (Å²) in [6.07, 6.45) is 0.947. The van der Waals surface area contributed by atoms with Crippen molar-refractivity contribution in [1.29, 1.82) is 0 Å². The summed E-state index contributed by atoms with van der Waals surface area (Å²) in [7, 11) is -0.180. The first kappa shape index (κ1) is 22.4. The van der Waals surface area contributed by atoms with Crippen molar-refractivity contribution in [2.75, 3.05) is 13.6 Å². The van der Waals surface area contributed by atoms with Gasteiger partial charge in [0, 0.05) is 0 Å². The third-order valence-electron chi connectivity index (χ3n) is 5.61. The summed E-state index contributed by atoms with van der Waals surface area (Å²) >= 11 is 0. The minimum absolute atomic E-state index is 0.230. The van der Waals surface area contributed by atoms with Gasteiger partial charge in [-0.3, -0.25) is 0 Å². The zero-order chi connectivity index (χ0) is 19.4.